The minimum Gasteiger partial charge on any atom is -0.507 e. The van der Waals surface area contributed by atoms with Crippen LogP contribution in [0.4, 0.5) is 5.69 Å². The highest BCUT2D eigenvalue weighted by Crippen LogP contribution is 2.35. The fraction of sp³-hybridized carbons (Fsp3) is 0.0556. The average Bonchev–Trinajstić information content (AvgIpc) is 2.96. The van der Waals surface area contributed by atoms with Crippen molar-refractivity contribution in [3.8, 4) is 11.6 Å². The van der Waals surface area contributed by atoms with Crippen molar-refractivity contribution in [1.82, 2.24) is 10.4 Å². The van der Waals surface area contributed by atoms with Gasteiger partial charge in [-0.25, -0.2) is 5.43 Å². The van der Waals surface area contributed by atoms with Gasteiger partial charge in [-0.3, -0.25) is 9.59 Å². The molecule has 136 valence electrons. The third-order valence-corrected chi connectivity index (χ3v) is 3.56. The Morgan fingerprint density at radius 1 is 1.07 bits per heavy atom. The predicted octanol–water partition coefficient (Wildman–Crippen LogP) is 2.73. The molecule has 1 heterocycles. The Balaban J connectivity index is 1.58. The summed E-state index contributed by atoms with van der Waals surface area (Å²) in [6.45, 7) is 0. The highest BCUT2D eigenvalue weighted by Gasteiger charge is 2.12. The van der Waals surface area contributed by atoms with Gasteiger partial charge >= 0.3 is 0 Å². The van der Waals surface area contributed by atoms with E-state index in [1.54, 1.807) is 42.5 Å². The number of hydrazone groups is 1. The SMILES string of the molecule is O=C(CC(=O)N/N=C/c1ccccc1O)N=Nc1c(O)[nH]c2ccccc12. The van der Waals surface area contributed by atoms with Gasteiger partial charge in [-0.05, 0) is 18.2 Å². The van der Waals surface area contributed by atoms with Crippen molar-refractivity contribution in [3.63, 3.8) is 0 Å². The second-order valence-corrected chi connectivity index (χ2v) is 5.49. The maximum Gasteiger partial charge on any atom is 0.274 e. The molecule has 1 aromatic heterocycles. The van der Waals surface area contributed by atoms with E-state index in [2.05, 4.69) is 25.7 Å². The molecular formula is C18H15N5O4. The summed E-state index contributed by atoms with van der Waals surface area (Å²) in [5, 5.41) is 30.9. The fourth-order valence-corrected chi connectivity index (χ4v) is 2.30. The van der Waals surface area contributed by atoms with E-state index in [-0.39, 0.29) is 17.3 Å². The van der Waals surface area contributed by atoms with E-state index in [1.807, 2.05) is 0 Å². The number of aromatic amines is 1. The minimum absolute atomic E-state index is 0.0129. The van der Waals surface area contributed by atoms with Crippen molar-refractivity contribution in [2.24, 2.45) is 15.3 Å². The number of carbonyl (C=O) groups excluding carboxylic acids is 2. The van der Waals surface area contributed by atoms with Crippen LogP contribution in [0, 0.1) is 0 Å². The molecule has 27 heavy (non-hydrogen) atoms. The number of phenolic OH excluding ortho intramolecular Hbond substituents is 1. The number of aromatic nitrogens is 1. The molecule has 4 N–H and O–H groups in total. The molecular weight excluding hydrogens is 350 g/mol. The Hall–Kier alpha value is -4.01. The lowest BCUT2D eigenvalue weighted by Crippen LogP contribution is -2.20. The maximum atomic E-state index is 11.8. The molecule has 0 fully saturated rings. The summed E-state index contributed by atoms with van der Waals surface area (Å²) >= 11 is 0. The summed E-state index contributed by atoms with van der Waals surface area (Å²) in [4.78, 5) is 26.2. The zero-order valence-electron chi connectivity index (χ0n) is 14.0. The quantitative estimate of drug-likeness (QED) is 0.239. The molecule has 9 nitrogen and oxygen atoms in total. The van der Waals surface area contributed by atoms with Crippen LogP contribution in [-0.2, 0) is 9.59 Å². The number of phenols is 1. The summed E-state index contributed by atoms with van der Waals surface area (Å²) in [5.41, 5.74) is 3.35. The van der Waals surface area contributed by atoms with Crippen LogP contribution in [-0.4, -0.2) is 33.2 Å². The number of aromatic hydroxyl groups is 2. The molecule has 0 saturated heterocycles. The molecule has 2 amide bonds. The van der Waals surface area contributed by atoms with Crippen molar-refractivity contribution < 1.29 is 19.8 Å². The van der Waals surface area contributed by atoms with E-state index >= 15 is 0 Å². The Kier molecular flexibility index (Phi) is 5.22. The third-order valence-electron chi connectivity index (χ3n) is 3.56. The molecule has 3 rings (SSSR count). The molecule has 0 saturated carbocycles. The van der Waals surface area contributed by atoms with Crippen molar-refractivity contribution in [2.75, 3.05) is 0 Å². The van der Waals surface area contributed by atoms with E-state index in [0.29, 0.717) is 16.5 Å². The number of para-hydroxylation sites is 2. The molecule has 0 spiro atoms. The van der Waals surface area contributed by atoms with Crippen LogP contribution in [0.5, 0.6) is 11.6 Å². The topological polar surface area (TPSA) is 140 Å². The Bertz CT molecular complexity index is 1050. The molecule has 0 radical (unpaired) electrons. The van der Waals surface area contributed by atoms with E-state index < -0.39 is 18.2 Å². The Morgan fingerprint density at radius 3 is 2.63 bits per heavy atom. The first kappa shape index (κ1) is 17.8. The second-order valence-electron chi connectivity index (χ2n) is 5.49. The first-order chi connectivity index (χ1) is 13.0. The summed E-state index contributed by atoms with van der Waals surface area (Å²) in [7, 11) is 0. The number of hydrogen-bond donors (Lipinski definition) is 4. The number of fused-ring (bicyclic) bond motifs is 1. The molecule has 0 bridgehead atoms. The van der Waals surface area contributed by atoms with Crippen LogP contribution in [0.1, 0.15) is 12.0 Å². The number of azo groups is 1. The molecule has 0 atom stereocenters. The van der Waals surface area contributed by atoms with Crippen LogP contribution in [0.15, 0.2) is 63.9 Å². The highest BCUT2D eigenvalue weighted by atomic mass is 16.3. The van der Waals surface area contributed by atoms with E-state index in [0.717, 1.165) is 0 Å². The summed E-state index contributed by atoms with van der Waals surface area (Å²) in [6.07, 6.45) is 0.688. The van der Waals surface area contributed by atoms with Crippen molar-refractivity contribution in [1.29, 1.82) is 0 Å². The fourth-order valence-electron chi connectivity index (χ4n) is 2.30. The first-order valence-electron chi connectivity index (χ1n) is 7.88. The molecule has 2 aromatic carbocycles. The molecule has 0 aliphatic rings. The van der Waals surface area contributed by atoms with Crippen LogP contribution < -0.4 is 5.43 Å². The number of amides is 2. The van der Waals surface area contributed by atoms with Crippen LogP contribution >= 0.6 is 0 Å². The number of hydrogen-bond acceptors (Lipinski definition) is 6. The van der Waals surface area contributed by atoms with Gasteiger partial charge in [0, 0.05) is 10.9 Å². The van der Waals surface area contributed by atoms with Gasteiger partial charge in [0.1, 0.15) is 12.2 Å². The summed E-state index contributed by atoms with van der Waals surface area (Å²) in [5.74, 6) is -1.69. The number of nitrogens with one attached hydrogen (secondary N) is 2. The Labute approximate surface area is 153 Å². The van der Waals surface area contributed by atoms with Gasteiger partial charge in [0.15, 0.2) is 5.69 Å². The van der Waals surface area contributed by atoms with Gasteiger partial charge in [-0.15, -0.1) is 10.2 Å². The molecule has 0 aliphatic heterocycles. The summed E-state index contributed by atoms with van der Waals surface area (Å²) < 4.78 is 0. The monoisotopic (exact) mass is 365 g/mol. The van der Waals surface area contributed by atoms with E-state index in [4.69, 9.17) is 0 Å². The number of benzene rings is 2. The third kappa shape index (κ3) is 4.34. The van der Waals surface area contributed by atoms with Crippen molar-refractivity contribution >= 4 is 34.6 Å². The molecule has 9 heteroatoms. The van der Waals surface area contributed by atoms with Gasteiger partial charge in [-0.1, -0.05) is 30.3 Å². The number of carbonyl (C=O) groups is 2. The van der Waals surface area contributed by atoms with Crippen LogP contribution in [0.2, 0.25) is 0 Å². The number of nitrogens with zero attached hydrogens (tertiary/aromatic N) is 3. The van der Waals surface area contributed by atoms with E-state index in [1.165, 1.54) is 12.3 Å². The largest absolute Gasteiger partial charge is 0.507 e. The lowest BCUT2D eigenvalue weighted by atomic mass is 10.2. The standard InChI is InChI=1S/C18H15N5O4/c24-14-8-4-1-5-11(14)10-19-21-15(25)9-16(26)22-23-17-12-6-2-3-7-13(12)20-18(17)27/h1-8,10,20,24,27H,9H2,(H,21,25)/b19-10+,23-22?. The predicted molar refractivity (Wildman–Crippen MR) is 97.9 cm³/mol. The smallest absolute Gasteiger partial charge is 0.274 e. The molecule has 0 aliphatic carbocycles. The zero-order chi connectivity index (χ0) is 19.2. The summed E-state index contributed by atoms with van der Waals surface area (Å²) in [6, 6.07) is 13.4. The van der Waals surface area contributed by atoms with Gasteiger partial charge in [-0.2, -0.15) is 5.10 Å². The van der Waals surface area contributed by atoms with Crippen molar-refractivity contribution in [2.45, 2.75) is 6.42 Å². The zero-order valence-corrected chi connectivity index (χ0v) is 14.0. The lowest BCUT2D eigenvalue weighted by molar-refractivity contribution is -0.127. The Morgan fingerprint density at radius 2 is 1.81 bits per heavy atom. The number of rotatable bonds is 5. The second kappa shape index (κ2) is 7.91. The normalized spacial score (nSPS) is 11.4. The first-order valence-corrected chi connectivity index (χ1v) is 7.88. The molecule has 0 unspecified atom stereocenters. The number of H-pyrrole nitrogens is 1. The van der Waals surface area contributed by atoms with Crippen LogP contribution in [0.3, 0.4) is 0 Å². The average molecular weight is 365 g/mol. The van der Waals surface area contributed by atoms with E-state index in [9.17, 15) is 19.8 Å². The highest BCUT2D eigenvalue weighted by molar-refractivity contribution is 5.98. The van der Waals surface area contributed by atoms with Gasteiger partial charge in [0.05, 0.1) is 11.7 Å². The van der Waals surface area contributed by atoms with Crippen molar-refractivity contribution in [3.05, 3.63) is 54.1 Å². The lowest BCUT2D eigenvalue weighted by Gasteiger charge is -1.98. The maximum absolute atomic E-state index is 11.8. The minimum atomic E-state index is -0.796. The van der Waals surface area contributed by atoms with Crippen LogP contribution in [0.25, 0.3) is 10.9 Å². The molecule has 3 aromatic rings. The van der Waals surface area contributed by atoms with Gasteiger partial charge in [0.2, 0.25) is 11.8 Å². The van der Waals surface area contributed by atoms with Gasteiger partial charge in [0.25, 0.3) is 5.91 Å². The van der Waals surface area contributed by atoms with Gasteiger partial charge < -0.3 is 15.2 Å².